The highest BCUT2D eigenvalue weighted by molar-refractivity contribution is 5.39. The van der Waals surface area contributed by atoms with E-state index in [0.717, 1.165) is 32.2 Å². The van der Waals surface area contributed by atoms with E-state index in [1.807, 2.05) is 0 Å². The summed E-state index contributed by atoms with van der Waals surface area (Å²) in [5.74, 6) is 0. The number of quaternary nitrogens is 1. The van der Waals surface area contributed by atoms with Gasteiger partial charge >= 0.3 is 6.41 Å². The van der Waals surface area contributed by atoms with Gasteiger partial charge in [0.1, 0.15) is 0 Å². The van der Waals surface area contributed by atoms with Crippen molar-refractivity contribution in [2.24, 2.45) is 0 Å². The van der Waals surface area contributed by atoms with Crippen LogP contribution in [-0.4, -0.2) is 63.1 Å². The van der Waals surface area contributed by atoms with Crippen LogP contribution in [0, 0.1) is 0 Å². The Kier molecular flexibility index (Phi) is 6.08. The highest BCUT2D eigenvalue weighted by Crippen LogP contribution is 2.46. The normalized spacial score (nSPS) is 39.4. The average Bonchev–Trinajstić information content (AvgIpc) is 2.55. The van der Waals surface area contributed by atoms with Crippen LogP contribution in [0.2, 0.25) is 0 Å². The van der Waals surface area contributed by atoms with Gasteiger partial charge in [0, 0.05) is 47.8 Å². The van der Waals surface area contributed by atoms with Gasteiger partial charge in [0.15, 0.2) is 0 Å². The molecule has 0 aromatic carbocycles. The summed E-state index contributed by atoms with van der Waals surface area (Å²) in [5.41, 5.74) is 0.416. The van der Waals surface area contributed by atoms with Crippen LogP contribution in [0.1, 0.15) is 107 Å². The Labute approximate surface area is 180 Å². The number of carbonyl (C=O) groups excluding carboxylic acids is 1. The fourth-order valence-corrected chi connectivity index (χ4v) is 7.72. The lowest BCUT2D eigenvalue weighted by molar-refractivity contribution is -0.901. The smallest absolute Gasteiger partial charge is 0.301 e. The Balaban J connectivity index is 2.06. The quantitative estimate of drug-likeness (QED) is 0.525. The zero-order valence-corrected chi connectivity index (χ0v) is 20.6. The van der Waals surface area contributed by atoms with Crippen molar-refractivity contribution in [1.29, 1.82) is 0 Å². The molecule has 4 rings (SSSR count). The minimum absolute atomic E-state index is 0.0681. The zero-order chi connectivity index (χ0) is 21.7. The van der Waals surface area contributed by atoms with Gasteiger partial charge in [0.05, 0.1) is 18.6 Å². The van der Waals surface area contributed by atoms with Crippen LogP contribution in [0.5, 0.6) is 0 Å². The molecule has 4 heteroatoms. The monoisotopic (exact) mass is 406 g/mol. The molecule has 4 nitrogen and oxygen atoms in total. The highest BCUT2D eigenvalue weighted by Gasteiger charge is 2.57. The molecule has 4 heterocycles. The first-order valence-corrected chi connectivity index (χ1v) is 12.1. The Morgan fingerprint density at radius 1 is 0.759 bits per heavy atom. The first-order valence-electron chi connectivity index (χ1n) is 12.1. The molecule has 0 aromatic heterocycles. The molecule has 0 aromatic rings. The van der Waals surface area contributed by atoms with Crippen molar-refractivity contribution >= 4 is 6.41 Å². The molecule has 4 aliphatic heterocycles. The number of carbonyl (C=O) groups is 1. The molecule has 168 valence electrons. The first-order chi connectivity index (χ1) is 13.2. The van der Waals surface area contributed by atoms with E-state index in [1.54, 1.807) is 0 Å². The summed E-state index contributed by atoms with van der Waals surface area (Å²) >= 11 is 0. The summed E-state index contributed by atoms with van der Waals surface area (Å²) in [6.07, 6.45) is 10.8. The Hall–Kier alpha value is -0.450. The third kappa shape index (κ3) is 4.60. The van der Waals surface area contributed by atoms with Crippen molar-refractivity contribution in [3.63, 3.8) is 0 Å². The number of hydrogen-bond acceptors (Lipinski definition) is 3. The number of nitrogens with zero attached hydrogens (tertiary/aromatic N) is 2. The largest absolute Gasteiger partial charge is 0.306 e. The summed E-state index contributed by atoms with van der Waals surface area (Å²) < 4.78 is 0.690. The molecule has 4 aliphatic rings. The lowest BCUT2D eigenvalue weighted by Crippen LogP contribution is -2.74. The van der Waals surface area contributed by atoms with Gasteiger partial charge < -0.3 is 5.32 Å². The van der Waals surface area contributed by atoms with Crippen LogP contribution in [-0.2, 0) is 4.79 Å². The summed E-state index contributed by atoms with van der Waals surface area (Å²) in [5, 5.41) is 3.84. The number of piperidine rings is 2. The van der Waals surface area contributed by atoms with Gasteiger partial charge in [0.25, 0.3) is 0 Å². The fourth-order valence-electron chi connectivity index (χ4n) is 7.72. The second kappa shape index (κ2) is 7.60. The third-order valence-corrected chi connectivity index (χ3v) is 8.33. The summed E-state index contributed by atoms with van der Waals surface area (Å²) in [6, 6.07) is 0.823. The first kappa shape index (κ1) is 23.2. The van der Waals surface area contributed by atoms with Gasteiger partial charge in [-0.1, -0.05) is 6.42 Å². The van der Waals surface area contributed by atoms with Crippen LogP contribution in [0.4, 0.5) is 0 Å². The minimum atomic E-state index is 0.0681. The predicted molar refractivity (Wildman–Crippen MR) is 122 cm³/mol. The molecule has 4 saturated heterocycles. The summed E-state index contributed by atoms with van der Waals surface area (Å²) in [4.78, 5) is 15.9. The second-order valence-corrected chi connectivity index (χ2v) is 13.0. The standard InChI is InChI=1S/C25H48N3O/c1-22(2)15-20(16-23(3,4)26-22)28(19-29)14-12-10-9-11-13-27-24(5,6)17-21(28)18-25(27,7)8/h19-21,26H,9-18H2,1-8H3/q+1. The second-order valence-electron chi connectivity index (χ2n) is 13.0. The summed E-state index contributed by atoms with van der Waals surface area (Å²) in [7, 11) is 0. The lowest BCUT2D eigenvalue weighted by Gasteiger charge is -2.60. The molecule has 2 bridgehead atoms. The van der Waals surface area contributed by atoms with Gasteiger partial charge in [-0.05, 0) is 81.2 Å². The molecule has 1 unspecified atom stereocenters. The van der Waals surface area contributed by atoms with E-state index in [9.17, 15) is 4.79 Å². The molecule has 0 spiro atoms. The predicted octanol–water partition coefficient (Wildman–Crippen LogP) is 4.86. The van der Waals surface area contributed by atoms with Gasteiger partial charge in [-0.25, -0.2) is 4.79 Å². The van der Waals surface area contributed by atoms with E-state index in [0.29, 0.717) is 16.6 Å². The maximum absolute atomic E-state index is 13.1. The van der Waals surface area contributed by atoms with E-state index >= 15 is 0 Å². The van der Waals surface area contributed by atoms with Crippen LogP contribution < -0.4 is 5.32 Å². The Morgan fingerprint density at radius 2 is 1.24 bits per heavy atom. The molecular weight excluding hydrogens is 358 g/mol. The van der Waals surface area contributed by atoms with E-state index in [1.165, 1.54) is 38.6 Å². The molecule has 0 radical (unpaired) electrons. The number of rotatable bonds is 2. The number of fused-ring (bicyclic) bond motifs is 8. The van der Waals surface area contributed by atoms with Gasteiger partial charge in [0.2, 0.25) is 0 Å². The van der Waals surface area contributed by atoms with Gasteiger partial charge in [-0.15, -0.1) is 0 Å². The van der Waals surface area contributed by atoms with E-state index in [2.05, 4.69) is 65.6 Å². The third-order valence-electron chi connectivity index (χ3n) is 8.33. The SMILES string of the molecule is CC1(C)CC([N+]2(C=O)CCCCCCN3C(C)(C)CC2CC3(C)C)CC(C)(C)N1. The van der Waals surface area contributed by atoms with Crippen molar-refractivity contribution in [3.05, 3.63) is 0 Å². The average molecular weight is 407 g/mol. The fraction of sp³-hybridized carbons (Fsp3) is 0.960. The number of hydrogen-bond donors (Lipinski definition) is 1. The van der Waals surface area contributed by atoms with Crippen LogP contribution in [0.15, 0.2) is 0 Å². The Morgan fingerprint density at radius 3 is 1.76 bits per heavy atom. The van der Waals surface area contributed by atoms with E-state index in [4.69, 9.17) is 0 Å². The Bertz CT molecular complexity index is 575. The van der Waals surface area contributed by atoms with Gasteiger partial charge in [-0.3, -0.25) is 9.38 Å². The van der Waals surface area contributed by atoms with Crippen LogP contribution in [0.25, 0.3) is 0 Å². The molecule has 1 amide bonds. The lowest BCUT2D eigenvalue weighted by atomic mass is 9.72. The minimum Gasteiger partial charge on any atom is -0.306 e. The molecule has 1 N–H and O–H groups in total. The topological polar surface area (TPSA) is 32.3 Å². The van der Waals surface area contributed by atoms with E-state index < -0.39 is 0 Å². The van der Waals surface area contributed by atoms with Crippen molar-refractivity contribution < 1.29 is 9.28 Å². The van der Waals surface area contributed by atoms with Crippen LogP contribution >= 0.6 is 0 Å². The number of nitrogens with one attached hydrogen (secondary N) is 1. The number of amides is 1. The van der Waals surface area contributed by atoms with Crippen molar-refractivity contribution in [1.82, 2.24) is 10.2 Å². The molecule has 1 atom stereocenters. The van der Waals surface area contributed by atoms with Crippen molar-refractivity contribution in [2.45, 2.75) is 141 Å². The van der Waals surface area contributed by atoms with Crippen LogP contribution in [0.3, 0.4) is 0 Å². The molecule has 4 fully saturated rings. The maximum Gasteiger partial charge on any atom is 0.301 e. The van der Waals surface area contributed by atoms with E-state index in [-0.39, 0.29) is 22.2 Å². The maximum atomic E-state index is 13.1. The zero-order valence-electron chi connectivity index (χ0n) is 20.6. The van der Waals surface area contributed by atoms with Gasteiger partial charge in [-0.2, -0.15) is 0 Å². The summed E-state index contributed by atoms with van der Waals surface area (Å²) in [6.45, 7) is 21.2. The molecule has 0 aliphatic carbocycles. The van der Waals surface area contributed by atoms with Crippen molar-refractivity contribution in [2.75, 3.05) is 13.1 Å². The highest BCUT2D eigenvalue weighted by atomic mass is 16.1. The molecular formula is C25H48N3O+. The molecule has 0 saturated carbocycles. The molecule has 29 heavy (non-hydrogen) atoms. The van der Waals surface area contributed by atoms with Crippen molar-refractivity contribution in [3.8, 4) is 0 Å².